The zero-order chi connectivity index (χ0) is 14.3. The summed E-state index contributed by atoms with van der Waals surface area (Å²) in [5.41, 5.74) is 1.19. The Labute approximate surface area is 113 Å². The van der Waals surface area contributed by atoms with Crippen LogP contribution in [0.4, 0.5) is 0 Å². The van der Waals surface area contributed by atoms with Crippen molar-refractivity contribution >= 4 is 22.8 Å². The van der Waals surface area contributed by atoms with Gasteiger partial charge in [-0.1, -0.05) is 0 Å². The minimum atomic E-state index is -1.10. The van der Waals surface area contributed by atoms with Gasteiger partial charge in [-0.3, -0.25) is 9.89 Å². The molecule has 2 aromatic rings. The number of aliphatic carboxylic acids is 1. The third-order valence-electron chi connectivity index (χ3n) is 3.51. The Morgan fingerprint density at radius 3 is 2.95 bits per heavy atom. The number of β-amino-alcohol motifs (C(OH)–C–C–N with tert-alkyl or cyclic N) is 1. The van der Waals surface area contributed by atoms with Gasteiger partial charge in [0.05, 0.1) is 17.8 Å². The van der Waals surface area contributed by atoms with E-state index < -0.39 is 24.0 Å². The third kappa shape index (κ3) is 2.01. The molecule has 1 fully saturated rings. The van der Waals surface area contributed by atoms with Gasteiger partial charge in [-0.15, -0.1) is 0 Å². The van der Waals surface area contributed by atoms with Gasteiger partial charge in [-0.25, -0.2) is 4.79 Å². The largest absolute Gasteiger partial charge is 0.480 e. The van der Waals surface area contributed by atoms with Crippen molar-refractivity contribution in [3.63, 3.8) is 0 Å². The van der Waals surface area contributed by atoms with Gasteiger partial charge in [0.25, 0.3) is 5.91 Å². The predicted octanol–water partition coefficient (Wildman–Crippen LogP) is 0.223. The molecule has 1 saturated heterocycles. The van der Waals surface area contributed by atoms with Gasteiger partial charge in [-0.2, -0.15) is 5.10 Å². The molecular formula is C13H13N3O4. The van der Waals surface area contributed by atoms with Crippen molar-refractivity contribution in [1.82, 2.24) is 15.1 Å². The number of aromatic nitrogens is 2. The maximum Gasteiger partial charge on any atom is 0.326 e. The fourth-order valence-electron chi connectivity index (χ4n) is 2.51. The Morgan fingerprint density at radius 1 is 1.40 bits per heavy atom. The number of benzene rings is 1. The highest BCUT2D eigenvalue weighted by Crippen LogP contribution is 2.22. The number of likely N-dealkylation sites (tertiary alicyclic amines) is 1. The van der Waals surface area contributed by atoms with E-state index >= 15 is 0 Å². The fraction of sp³-hybridized carbons (Fsp3) is 0.308. The first-order valence-electron chi connectivity index (χ1n) is 6.21. The topological polar surface area (TPSA) is 107 Å². The SMILES string of the molecule is O=C(O)[C@@H]1C[C@@H](O)CN1C(=O)c1ccc2[nH]ncc2c1. The van der Waals surface area contributed by atoms with Crippen molar-refractivity contribution in [2.75, 3.05) is 6.54 Å². The van der Waals surface area contributed by atoms with Gasteiger partial charge < -0.3 is 15.1 Å². The normalized spacial score (nSPS) is 22.4. The van der Waals surface area contributed by atoms with Crippen LogP contribution >= 0.6 is 0 Å². The molecule has 7 heteroatoms. The van der Waals surface area contributed by atoms with Crippen LogP contribution in [-0.2, 0) is 4.79 Å². The molecule has 2 atom stereocenters. The van der Waals surface area contributed by atoms with E-state index in [0.29, 0.717) is 5.56 Å². The van der Waals surface area contributed by atoms with E-state index in [2.05, 4.69) is 10.2 Å². The van der Waals surface area contributed by atoms with E-state index in [4.69, 9.17) is 5.11 Å². The summed E-state index contributed by atoms with van der Waals surface area (Å²) in [5.74, 6) is -1.49. The Balaban J connectivity index is 1.92. The highest BCUT2D eigenvalue weighted by atomic mass is 16.4. The number of hydrogen-bond acceptors (Lipinski definition) is 4. The van der Waals surface area contributed by atoms with Crippen LogP contribution in [0.1, 0.15) is 16.8 Å². The van der Waals surface area contributed by atoms with Crippen molar-refractivity contribution in [2.24, 2.45) is 0 Å². The molecule has 1 aliphatic rings. The summed E-state index contributed by atoms with van der Waals surface area (Å²) in [7, 11) is 0. The summed E-state index contributed by atoms with van der Waals surface area (Å²) in [4.78, 5) is 24.7. The first-order chi connectivity index (χ1) is 9.56. The average molecular weight is 275 g/mol. The molecule has 0 spiro atoms. The molecule has 0 saturated carbocycles. The van der Waals surface area contributed by atoms with E-state index in [9.17, 15) is 14.7 Å². The highest BCUT2D eigenvalue weighted by molar-refractivity contribution is 5.99. The molecule has 20 heavy (non-hydrogen) atoms. The Kier molecular flexibility index (Phi) is 2.90. The molecule has 0 aliphatic carbocycles. The molecule has 1 aliphatic heterocycles. The zero-order valence-corrected chi connectivity index (χ0v) is 10.5. The van der Waals surface area contributed by atoms with Crippen LogP contribution in [0.5, 0.6) is 0 Å². The molecule has 1 aromatic carbocycles. The van der Waals surface area contributed by atoms with Crippen molar-refractivity contribution in [3.05, 3.63) is 30.0 Å². The number of H-pyrrole nitrogens is 1. The van der Waals surface area contributed by atoms with Gasteiger partial charge in [0.2, 0.25) is 0 Å². The number of hydrogen-bond donors (Lipinski definition) is 3. The smallest absolute Gasteiger partial charge is 0.326 e. The van der Waals surface area contributed by atoms with E-state index in [-0.39, 0.29) is 13.0 Å². The van der Waals surface area contributed by atoms with Gasteiger partial charge in [-0.05, 0) is 18.2 Å². The van der Waals surface area contributed by atoms with E-state index in [1.54, 1.807) is 24.4 Å². The molecular weight excluding hydrogens is 262 g/mol. The van der Waals surface area contributed by atoms with Crippen molar-refractivity contribution in [3.8, 4) is 0 Å². The maximum absolute atomic E-state index is 12.4. The first kappa shape index (κ1) is 12.6. The Hall–Kier alpha value is -2.41. The number of fused-ring (bicyclic) bond motifs is 1. The summed E-state index contributed by atoms with van der Waals surface area (Å²) < 4.78 is 0. The number of aromatic amines is 1. The summed E-state index contributed by atoms with van der Waals surface area (Å²) in [6.45, 7) is 0.0409. The third-order valence-corrected chi connectivity index (χ3v) is 3.51. The highest BCUT2D eigenvalue weighted by Gasteiger charge is 2.39. The quantitative estimate of drug-likeness (QED) is 0.727. The van der Waals surface area contributed by atoms with Crippen LogP contribution in [0.2, 0.25) is 0 Å². The molecule has 0 radical (unpaired) electrons. The van der Waals surface area contributed by atoms with Crippen LogP contribution in [0.3, 0.4) is 0 Å². The Morgan fingerprint density at radius 2 is 2.20 bits per heavy atom. The number of carboxylic acid groups (broad SMARTS) is 1. The number of amides is 1. The van der Waals surface area contributed by atoms with Crippen molar-refractivity contribution < 1.29 is 19.8 Å². The molecule has 1 aromatic heterocycles. The van der Waals surface area contributed by atoms with Gasteiger partial charge in [0.15, 0.2) is 0 Å². The van der Waals surface area contributed by atoms with Gasteiger partial charge in [0, 0.05) is 23.9 Å². The van der Waals surface area contributed by atoms with E-state index in [1.165, 1.54) is 4.90 Å². The predicted molar refractivity (Wildman–Crippen MR) is 69.2 cm³/mol. The molecule has 0 bridgehead atoms. The van der Waals surface area contributed by atoms with Crippen LogP contribution < -0.4 is 0 Å². The summed E-state index contributed by atoms with van der Waals surface area (Å²) >= 11 is 0. The minimum Gasteiger partial charge on any atom is -0.480 e. The molecule has 7 nitrogen and oxygen atoms in total. The number of aliphatic hydroxyl groups excluding tert-OH is 1. The molecule has 3 rings (SSSR count). The lowest BCUT2D eigenvalue weighted by Gasteiger charge is -2.21. The summed E-state index contributed by atoms with van der Waals surface area (Å²) in [6, 6.07) is 4.02. The van der Waals surface area contributed by atoms with Crippen LogP contribution in [0.25, 0.3) is 10.9 Å². The summed E-state index contributed by atoms with van der Waals surface area (Å²) in [6.07, 6.45) is 0.868. The number of carboxylic acids is 1. The zero-order valence-electron chi connectivity index (χ0n) is 10.5. The molecule has 2 heterocycles. The van der Waals surface area contributed by atoms with Crippen LogP contribution in [0.15, 0.2) is 24.4 Å². The van der Waals surface area contributed by atoms with E-state index in [0.717, 1.165) is 10.9 Å². The second-order valence-corrected chi connectivity index (χ2v) is 4.87. The lowest BCUT2D eigenvalue weighted by Crippen LogP contribution is -2.40. The number of rotatable bonds is 2. The molecule has 1 amide bonds. The Bertz CT molecular complexity index is 681. The number of carbonyl (C=O) groups is 2. The number of carbonyl (C=O) groups excluding carboxylic acids is 1. The minimum absolute atomic E-state index is 0.0409. The standard InChI is InChI=1S/C13H13N3O4/c17-9-4-11(13(19)20)16(6-9)12(18)7-1-2-10-8(3-7)5-14-15-10/h1-3,5,9,11,17H,4,6H2,(H,14,15)(H,19,20)/t9-,11+/m1/s1. The average Bonchev–Trinajstić information content (AvgIpc) is 3.02. The second-order valence-electron chi connectivity index (χ2n) is 4.87. The van der Waals surface area contributed by atoms with Gasteiger partial charge >= 0.3 is 5.97 Å². The number of nitrogens with one attached hydrogen (secondary N) is 1. The molecule has 104 valence electrons. The molecule has 0 unspecified atom stereocenters. The van der Waals surface area contributed by atoms with E-state index in [1.807, 2.05) is 0 Å². The van der Waals surface area contributed by atoms with Crippen molar-refractivity contribution in [1.29, 1.82) is 0 Å². The number of aliphatic hydroxyl groups is 1. The number of nitrogens with zero attached hydrogens (tertiary/aromatic N) is 2. The van der Waals surface area contributed by atoms with Crippen LogP contribution in [-0.4, -0.2) is 55.9 Å². The maximum atomic E-state index is 12.4. The summed E-state index contributed by atoms with van der Waals surface area (Å²) in [5, 5.41) is 26.1. The molecule has 3 N–H and O–H groups in total. The first-order valence-corrected chi connectivity index (χ1v) is 6.21. The lowest BCUT2D eigenvalue weighted by molar-refractivity contribution is -0.141. The lowest BCUT2D eigenvalue weighted by atomic mass is 10.1. The monoisotopic (exact) mass is 275 g/mol. The van der Waals surface area contributed by atoms with Gasteiger partial charge in [0.1, 0.15) is 6.04 Å². The van der Waals surface area contributed by atoms with Crippen molar-refractivity contribution in [2.45, 2.75) is 18.6 Å². The second kappa shape index (κ2) is 4.61. The fourth-order valence-corrected chi connectivity index (χ4v) is 2.51. The van der Waals surface area contributed by atoms with Crippen LogP contribution in [0, 0.1) is 0 Å².